The smallest absolute Gasteiger partial charge is 0.106 e. The van der Waals surface area contributed by atoms with Crippen molar-refractivity contribution in [3.63, 3.8) is 0 Å². The molecule has 0 aliphatic heterocycles. The molecule has 3 heteroatoms. The van der Waals surface area contributed by atoms with Crippen LogP contribution in [0.5, 0.6) is 0 Å². The zero-order chi connectivity index (χ0) is 16.8. The van der Waals surface area contributed by atoms with Gasteiger partial charge in [-0.25, -0.2) is 0 Å². The summed E-state index contributed by atoms with van der Waals surface area (Å²) in [6, 6.07) is 28.2. The molecule has 120 valence electrons. The van der Waals surface area contributed by atoms with Crippen LogP contribution in [0.3, 0.4) is 0 Å². The summed E-state index contributed by atoms with van der Waals surface area (Å²) in [5.74, 6) is 0. The minimum atomic E-state index is -0.628. The Morgan fingerprint density at radius 1 is 0.792 bits per heavy atom. The topological polar surface area (TPSA) is 21.6 Å². The van der Waals surface area contributed by atoms with Crippen LogP contribution in [0.4, 0.5) is 0 Å². The minimum Gasteiger partial charge on any atom is -0.399 e. The zero-order valence-electron chi connectivity index (χ0n) is 13.4. The molecule has 2 nitrogen and oxygen atoms in total. The average Bonchev–Trinajstić information content (AvgIpc) is 2.65. The van der Waals surface area contributed by atoms with Gasteiger partial charge in [0.05, 0.1) is 11.6 Å². The molecule has 0 saturated carbocycles. The third kappa shape index (κ3) is 2.93. The van der Waals surface area contributed by atoms with E-state index in [4.69, 9.17) is 16.4 Å². The number of halogens is 1. The van der Waals surface area contributed by atoms with Crippen LogP contribution in [0.15, 0.2) is 90.1 Å². The van der Waals surface area contributed by atoms with Crippen molar-refractivity contribution in [1.82, 2.24) is 0 Å². The fourth-order valence-electron chi connectivity index (χ4n) is 3.01. The van der Waals surface area contributed by atoms with Crippen LogP contribution in [-0.2, 0) is 10.3 Å². The molecule has 0 amide bonds. The van der Waals surface area contributed by atoms with E-state index in [-0.39, 0.29) is 0 Å². The first kappa shape index (κ1) is 16.3. The molecule has 3 aromatic carbocycles. The highest BCUT2D eigenvalue weighted by atomic mass is 35.5. The van der Waals surface area contributed by atoms with Gasteiger partial charge in [-0.2, -0.15) is 0 Å². The van der Waals surface area contributed by atoms with Crippen LogP contribution in [0, 0.1) is 0 Å². The summed E-state index contributed by atoms with van der Waals surface area (Å²) >= 11 is 6.58. The Labute approximate surface area is 147 Å². The van der Waals surface area contributed by atoms with Gasteiger partial charge < -0.3 is 4.84 Å². The Bertz CT molecular complexity index is 776. The molecule has 0 radical (unpaired) electrons. The number of rotatable bonds is 5. The maximum atomic E-state index is 6.58. The highest BCUT2D eigenvalue weighted by Crippen LogP contribution is 2.40. The van der Waals surface area contributed by atoms with Gasteiger partial charge in [0.25, 0.3) is 0 Å². The SMILES string of the molecule is CO/N=C/C(c1ccccc1)(c1ccccc1)c1ccccc1Cl. The molecule has 0 bridgehead atoms. The Morgan fingerprint density at radius 2 is 1.29 bits per heavy atom. The number of hydrogen-bond donors (Lipinski definition) is 0. The third-order valence-corrected chi connectivity index (χ3v) is 4.44. The van der Waals surface area contributed by atoms with Gasteiger partial charge in [0.15, 0.2) is 0 Å². The van der Waals surface area contributed by atoms with E-state index in [9.17, 15) is 0 Å². The molecule has 0 unspecified atom stereocenters. The first-order valence-corrected chi connectivity index (χ1v) is 8.10. The summed E-state index contributed by atoms with van der Waals surface area (Å²) in [6.45, 7) is 0. The van der Waals surface area contributed by atoms with E-state index in [1.54, 1.807) is 7.11 Å². The van der Waals surface area contributed by atoms with Crippen molar-refractivity contribution >= 4 is 17.8 Å². The molecule has 0 N–H and O–H groups in total. The molecular formula is C21H18ClNO. The summed E-state index contributed by atoms with van der Waals surface area (Å²) in [5.41, 5.74) is 2.48. The quantitative estimate of drug-likeness (QED) is 0.352. The van der Waals surface area contributed by atoms with Gasteiger partial charge >= 0.3 is 0 Å². The lowest BCUT2D eigenvalue weighted by molar-refractivity contribution is 0.213. The van der Waals surface area contributed by atoms with Crippen molar-refractivity contribution in [3.05, 3.63) is 107 Å². The standard InChI is InChI=1S/C21H18ClNO/c1-24-23-16-21(17-10-4-2-5-11-17,18-12-6-3-7-13-18)19-14-8-9-15-20(19)22/h2-16H,1H3/b23-16+. The maximum Gasteiger partial charge on any atom is 0.106 e. The first-order chi connectivity index (χ1) is 11.8. The van der Waals surface area contributed by atoms with Gasteiger partial charge in [-0.3, -0.25) is 0 Å². The fourth-order valence-corrected chi connectivity index (χ4v) is 3.30. The maximum absolute atomic E-state index is 6.58. The lowest BCUT2D eigenvalue weighted by atomic mass is 9.70. The van der Waals surface area contributed by atoms with E-state index in [0.717, 1.165) is 16.7 Å². The Balaban J connectivity index is 2.38. The second-order valence-corrected chi connectivity index (χ2v) is 5.84. The predicted molar refractivity (Wildman–Crippen MR) is 99.7 cm³/mol. The van der Waals surface area contributed by atoms with Crippen LogP contribution in [-0.4, -0.2) is 13.3 Å². The van der Waals surface area contributed by atoms with Gasteiger partial charge in [-0.05, 0) is 22.8 Å². The van der Waals surface area contributed by atoms with Crippen LogP contribution in [0.1, 0.15) is 16.7 Å². The molecule has 0 heterocycles. The Kier molecular flexibility index (Phi) is 4.97. The van der Waals surface area contributed by atoms with Crippen molar-refractivity contribution in [2.75, 3.05) is 7.11 Å². The van der Waals surface area contributed by atoms with Gasteiger partial charge in [-0.1, -0.05) is 95.6 Å². The summed E-state index contributed by atoms with van der Waals surface area (Å²) in [4.78, 5) is 5.03. The molecule has 0 aromatic heterocycles. The first-order valence-electron chi connectivity index (χ1n) is 7.73. The fraction of sp³-hybridized carbons (Fsp3) is 0.0952. The predicted octanol–water partition coefficient (Wildman–Crippen LogP) is 5.31. The molecular weight excluding hydrogens is 318 g/mol. The summed E-state index contributed by atoms with van der Waals surface area (Å²) in [7, 11) is 1.55. The molecule has 0 fully saturated rings. The van der Waals surface area contributed by atoms with Crippen LogP contribution in [0.25, 0.3) is 0 Å². The lowest BCUT2D eigenvalue weighted by Gasteiger charge is -2.32. The number of benzene rings is 3. The molecule has 0 atom stereocenters. The van der Waals surface area contributed by atoms with E-state index in [1.807, 2.05) is 66.9 Å². The van der Waals surface area contributed by atoms with Crippen molar-refractivity contribution in [3.8, 4) is 0 Å². The molecule has 0 saturated heterocycles. The van der Waals surface area contributed by atoms with Crippen molar-refractivity contribution in [1.29, 1.82) is 0 Å². The highest BCUT2D eigenvalue weighted by molar-refractivity contribution is 6.31. The summed E-state index contributed by atoms with van der Waals surface area (Å²) < 4.78 is 0. The number of oxime groups is 1. The van der Waals surface area contributed by atoms with Crippen LogP contribution >= 0.6 is 11.6 Å². The van der Waals surface area contributed by atoms with E-state index >= 15 is 0 Å². The van der Waals surface area contributed by atoms with E-state index in [2.05, 4.69) is 29.4 Å². The van der Waals surface area contributed by atoms with Crippen molar-refractivity contribution < 1.29 is 4.84 Å². The number of hydrogen-bond acceptors (Lipinski definition) is 2. The normalized spacial score (nSPS) is 11.6. The van der Waals surface area contributed by atoms with Gasteiger partial charge in [0.2, 0.25) is 0 Å². The third-order valence-electron chi connectivity index (χ3n) is 4.11. The van der Waals surface area contributed by atoms with Gasteiger partial charge in [-0.15, -0.1) is 0 Å². The lowest BCUT2D eigenvalue weighted by Crippen LogP contribution is -2.31. The molecule has 24 heavy (non-hydrogen) atoms. The van der Waals surface area contributed by atoms with Crippen LogP contribution in [0.2, 0.25) is 5.02 Å². The molecule has 3 rings (SSSR count). The average molecular weight is 336 g/mol. The Hall–Kier alpha value is -2.58. The monoisotopic (exact) mass is 335 g/mol. The van der Waals surface area contributed by atoms with E-state index in [0.29, 0.717) is 5.02 Å². The molecule has 0 aliphatic rings. The van der Waals surface area contributed by atoms with Crippen LogP contribution < -0.4 is 0 Å². The molecule has 0 spiro atoms. The highest BCUT2D eigenvalue weighted by Gasteiger charge is 2.36. The second-order valence-electron chi connectivity index (χ2n) is 5.44. The van der Waals surface area contributed by atoms with Gasteiger partial charge in [0.1, 0.15) is 7.11 Å². The minimum absolute atomic E-state index is 0.628. The Morgan fingerprint density at radius 3 is 1.79 bits per heavy atom. The number of nitrogens with zero attached hydrogens (tertiary/aromatic N) is 1. The molecule has 3 aromatic rings. The van der Waals surface area contributed by atoms with E-state index in [1.165, 1.54) is 0 Å². The van der Waals surface area contributed by atoms with Crippen molar-refractivity contribution in [2.24, 2.45) is 5.16 Å². The summed E-state index contributed by atoms with van der Waals surface area (Å²) in [5, 5.41) is 4.82. The van der Waals surface area contributed by atoms with Gasteiger partial charge in [0, 0.05) is 5.02 Å². The van der Waals surface area contributed by atoms with Crippen molar-refractivity contribution in [2.45, 2.75) is 5.41 Å². The molecule has 0 aliphatic carbocycles. The summed E-state index contributed by atoms with van der Waals surface area (Å²) in [6.07, 6.45) is 1.82. The van der Waals surface area contributed by atoms with E-state index < -0.39 is 5.41 Å². The zero-order valence-corrected chi connectivity index (χ0v) is 14.1. The largest absolute Gasteiger partial charge is 0.399 e. The second kappa shape index (κ2) is 7.33.